The van der Waals surface area contributed by atoms with Gasteiger partial charge in [0, 0.05) is 52.8 Å². The third-order valence-electron chi connectivity index (χ3n) is 13.5. The van der Waals surface area contributed by atoms with Gasteiger partial charge in [0.05, 0.1) is 11.0 Å². The van der Waals surface area contributed by atoms with Crippen molar-refractivity contribution in [2.75, 3.05) is 0 Å². The topological polar surface area (TPSA) is 56.0 Å². The predicted molar refractivity (Wildman–Crippen MR) is 281 cm³/mol. The second-order valence-corrected chi connectivity index (χ2v) is 18.1. The number of halogens is 7. The first-order valence-corrected chi connectivity index (χ1v) is 23.7. The number of para-hydroxylation sites is 2. The van der Waals surface area contributed by atoms with Gasteiger partial charge in [-0.25, -0.2) is 18.2 Å². The van der Waals surface area contributed by atoms with Crippen LogP contribution in [0.25, 0.3) is 128 Å². The van der Waals surface area contributed by atoms with Crippen LogP contribution < -0.4 is 0 Å². The van der Waals surface area contributed by atoms with E-state index in [1.165, 1.54) is 48.8 Å². The van der Waals surface area contributed by atoms with Gasteiger partial charge in [-0.3, -0.25) is 17.6 Å². The smallest absolute Gasteiger partial charge is 0.335 e. The van der Waals surface area contributed by atoms with Crippen molar-refractivity contribution in [2.45, 2.75) is 0 Å². The fraction of sp³-hybridized carbons (Fsp3) is 0. The molecule has 0 spiro atoms. The summed E-state index contributed by atoms with van der Waals surface area (Å²) in [6.45, 7) is 0. The van der Waals surface area contributed by atoms with E-state index in [0.717, 1.165) is 51.6 Å². The zero-order valence-electron chi connectivity index (χ0n) is 39.6. The van der Waals surface area contributed by atoms with E-state index in [1.807, 2.05) is 48.5 Å². The van der Waals surface area contributed by atoms with Crippen LogP contribution in [-0.4, -0.2) is 24.3 Å². The minimum absolute atomic E-state index is 0. The van der Waals surface area contributed by atoms with Crippen molar-refractivity contribution in [2.24, 2.45) is 0 Å². The molecule has 0 amide bonds. The summed E-state index contributed by atoms with van der Waals surface area (Å²) in [6.07, 6.45) is 4.70. The summed E-state index contributed by atoms with van der Waals surface area (Å²) in [7, 11) is 0. The minimum atomic E-state index is -0.845. The molecule has 370 valence electrons. The molecule has 13 heteroatoms. The standard InChI is InChI=1S/C64H31F7N5.Ir/c65-41-11-16-46(35-9-21-58(72-32-35)49-19-14-44(68)30-56(49)70)52(27-41)37-23-38(53-28-42(66)12-17-47(53)36-10-22-59(73-33-36)50-20-15-45(69)31-57(50)71)25-39(24-37)54-29-43(67)13-18-48(54)40-26-55-63(74-34-40)51-5-1-3-7-61(51)76-62-8-4-2-6-60(62)75-64(55)76;/h1-4,6-18,21-34H;/q-3;+3. The number of benzene rings is 8. The number of imidazole rings is 1. The molecule has 0 bridgehead atoms. The third-order valence-corrected chi connectivity index (χ3v) is 13.5. The summed E-state index contributed by atoms with van der Waals surface area (Å²) in [6, 6.07) is 52.3. The fourth-order valence-corrected chi connectivity index (χ4v) is 10.0. The third kappa shape index (κ3) is 8.79. The van der Waals surface area contributed by atoms with E-state index in [2.05, 4.69) is 32.6 Å². The number of fused-ring (bicyclic) bond motifs is 8. The molecule has 0 aliphatic rings. The van der Waals surface area contributed by atoms with Crippen LogP contribution in [0.4, 0.5) is 30.7 Å². The SMILES string of the molecule is Fc1c[c-]c(-c2ccc(-c3ccc(F)cc3-c3cc(-c4cc(F)ccc4-c4ccc(-c5[c-]cc(F)cc5F)nc4)cc(-c4cc(F)ccc4-c4cnc5c6[c-]cccc6n6c7ccccc7nc6c5c4)c3)cn2)c(F)c1.[Ir+3]. The van der Waals surface area contributed by atoms with Crippen LogP contribution in [0.15, 0.2) is 188 Å². The van der Waals surface area contributed by atoms with Gasteiger partial charge in [-0.05, 0) is 156 Å². The summed E-state index contributed by atoms with van der Waals surface area (Å²) in [4.78, 5) is 19.1. The Morgan fingerprint density at radius 3 is 1.39 bits per heavy atom. The zero-order valence-corrected chi connectivity index (χ0v) is 42.0. The van der Waals surface area contributed by atoms with Crippen LogP contribution in [0, 0.1) is 58.9 Å². The first kappa shape index (κ1) is 48.8. The van der Waals surface area contributed by atoms with Gasteiger partial charge in [-0.15, -0.1) is 53.9 Å². The maximum absolute atomic E-state index is 16.0. The largest absolute Gasteiger partial charge is 3.00 e. The molecule has 5 heterocycles. The van der Waals surface area contributed by atoms with Crippen molar-refractivity contribution in [3.8, 4) is 89.3 Å². The van der Waals surface area contributed by atoms with Crippen molar-refractivity contribution in [1.29, 1.82) is 0 Å². The summed E-state index contributed by atoms with van der Waals surface area (Å²) >= 11 is 0. The zero-order chi connectivity index (χ0) is 51.8. The maximum Gasteiger partial charge on any atom is 3.00 e. The second-order valence-electron chi connectivity index (χ2n) is 18.1. The number of hydrogen-bond acceptors (Lipinski definition) is 4. The normalized spacial score (nSPS) is 11.5. The maximum atomic E-state index is 16.0. The van der Waals surface area contributed by atoms with E-state index >= 15 is 13.2 Å². The van der Waals surface area contributed by atoms with E-state index in [0.29, 0.717) is 77.9 Å². The average molecular weight is 1200 g/mol. The van der Waals surface area contributed by atoms with Crippen molar-refractivity contribution < 1.29 is 50.8 Å². The number of pyridine rings is 4. The molecule has 0 radical (unpaired) electrons. The Labute approximate surface area is 448 Å². The molecule has 0 atom stereocenters. The predicted octanol–water partition coefficient (Wildman–Crippen LogP) is 16.7. The number of hydrogen-bond donors (Lipinski definition) is 0. The average Bonchev–Trinajstić information content (AvgIpc) is 4.01. The quantitative estimate of drug-likeness (QED) is 0.0864. The molecule has 0 unspecified atom stereocenters. The summed E-state index contributed by atoms with van der Waals surface area (Å²) in [5.41, 5.74) is 9.93. The molecular weight excluding hydrogens is 1160 g/mol. The number of aromatic nitrogens is 5. The van der Waals surface area contributed by atoms with Crippen LogP contribution in [-0.2, 0) is 20.1 Å². The Hall–Kier alpha value is -9.16. The molecule has 0 fully saturated rings. The molecule has 0 aliphatic heterocycles. The van der Waals surface area contributed by atoms with Crippen molar-refractivity contribution in [1.82, 2.24) is 24.3 Å². The van der Waals surface area contributed by atoms with Crippen LogP contribution in [0.1, 0.15) is 0 Å². The fourth-order valence-electron chi connectivity index (χ4n) is 10.0. The Balaban J connectivity index is 0.00000596. The summed E-state index contributed by atoms with van der Waals surface area (Å²) < 4.78 is 107. The molecule has 0 N–H and O–H groups in total. The van der Waals surface area contributed by atoms with Gasteiger partial charge in [0.25, 0.3) is 0 Å². The van der Waals surface area contributed by atoms with Crippen molar-refractivity contribution >= 4 is 38.5 Å². The first-order valence-electron chi connectivity index (χ1n) is 23.7. The number of nitrogens with zero attached hydrogens (tertiary/aromatic N) is 5. The molecule has 13 rings (SSSR count). The van der Waals surface area contributed by atoms with Gasteiger partial charge in [0.2, 0.25) is 0 Å². The molecular formula is C64H31F7IrN5. The minimum Gasteiger partial charge on any atom is -0.335 e. The van der Waals surface area contributed by atoms with E-state index in [1.54, 1.807) is 66.9 Å². The monoisotopic (exact) mass is 1200 g/mol. The molecule has 0 saturated heterocycles. The van der Waals surface area contributed by atoms with Crippen LogP contribution in [0.3, 0.4) is 0 Å². The summed E-state index contributed by atoms with van der Waals surface area (Å²) in [5, 5.41) is 1.51. The summed E-state index contributed by atoms with van der Waals surface area (Å²) in [5.74, 6) is -4.98. The Kier molecular flexibility index (Phi) is 12.4. The van der Waals surface area contributed by atoms with Crippen LogP contribution >= 0.6 is 0 Å². The molecule has 5 nitrogen and oxygen atoms in total. The van der Waals surface area contributed by atoms with Gasteiger partial charge < -0.3 is 19.4 Å². The van der Waals surface area contributed by atoms with Gasteiger partial charge in [-0.1, -0.05) is 77.9 Å². The van der Waals surface area contributed by atoms with Gasteiger partial charge in [0.1, 0.15) is 23.1 Å². The Morgan fingerprint density at radius 2 is 0.883 bits per heavy atom. The van der Waals surface area contributed by atoms with Crippen LogP contribution in [0.5, 0.6) is 0 Å². The van der Waals surface area contributed by atoms with Crippen LogP contribution in [0.2, 0.25) is 0 Å². The van der Waals surface area contributed by atoms with E-state index in [-0.39, 0.29) is 42.6 Å². The Morgan fingerprint density at radius 1 is 0.390 bits per heavy atom. The van der Waals surface area contributed by atoms with E-state index in [4.69, 9.17) is 9.97 Å². The molecule has 77 heavy (non-hydrogen) atoms. The van der Waals surface area contributed by atoms with E-state index in [9.17, 15) is 17.6 Å². The Bertz CT molecular complexity index is 4340. The molecule has 8 aromatic carbocycles. The van der Waals surface area contributed by atoms with Gasteiger partial charge in [-0.2, -0.15) is 0 Å². The van der Waals surface area contributed by atoms with Crippen molar-refractivity contribution in [3.05, 3.63) is 247 Å². The first-order chi connectivity index (χ1) is 37.0. The molecule has 5 aromatic heterocycles. The van der Waals surface area contributed by atoms with Gasteiger partial charge in [0.15, 0.2) is 0 Å². The van der Waals surface area contributed by atoms with Gasteiger partial charge >= 0.3 is 20.1 Å². The second kappa shape index (κ2) is 19.5. The molecule has 0 aliphatic carbocycles. The molecule has 13 aromatic rings. The van der Waals surface area contributed by atoms with E-state index < -0.39 is 40.7 Å². The number of rotatable bonds is 8. The molecule has 0 saturated carbocycles. The van der Waals surface area contributed by atoms with Crippen molar-refractivity contribution in [3.63, 3.8) is 0 Å².